The Labute approximate surface area is 342 Å². The van der Waals surface area contributed by atoms with Gasteiger partial charge >= 0.3 is 17.9 Å². The van der Waals surface area contributed by atoms with Crippen LogP contribution in [0.1, 0.15) is 272 Å². The van der Waals surface area contributed by atoms with Gasteiger partial charge in [-0.1, -0.05) is 233 Å². The predicted octanol–water partition coefficient (Wildman–Crippen LogP) is 15.5. The molecule has 0 saturated heterocycles. The van der Waals surface area contributed by atoms with Crippen LogP contribution in [0.3, 0.4) is 0 Å². The van der Waals surface area contributed by atoms with E-state index >= 15 is 0 Å². The van der Waals surface area contributed by atoms with Crippen molar-refractivity contribution in [2.45, 2.75) is 278 Å². The summed E-state index contributed by atoms with van der Waals surface area (Å²) in [6.07, 6.45) is 43.9. The molecular formula is C49H94O6. The molecule has 6 nitrogen and oxygen atoms in total. The fourth-order valence-corrected chi connectivity index (χ4v) is 7.33. The van der Waals surface area contributed by atoms with E-state index in [0.29, 0.717) is 19.3 Å². The minimum absolute atomic E-state index is 0.0636. The van der Waals surface area contributed by atoms with Gasteiger partial charge in [0.25, 0.3) is 0 Å². The summed E-state index contributed by atoms with van der Waals surface area (Å²) < 4.78 is 16.7. The minimum atomic E-state index is -0.758. The van der Waals surface area contributed by atoms with Gasteiger partial charge in [-0.2, -0.15) is 0 Å². The van der Waals surface area contributed by atoms with Crippen LogP contribution in [0.2, 0.25) is 0 Å². The predicted molar refractivity (Wildman–Crippen MR) is 233 cm³/mol. The van der Waals surface area contributed by atoms with Gasteiger partial charge < -0.3 is 14.2 Å². The number of ether oxygens (including phenoxy) is 3. The molecule has 0 fully saturated rings. The number of rotatable bonds is 44. The van der Waals surface area contributed by atoms with Crippen LogP contribution in [-0.4, -0.2) is 37.2 Å². The summed E-state index contributed by atoms with van der Waals surface area (Å²) >= 11 is 0. The number of esters is 3. The number of carbonyl (C=O) groups excluding carboxylic acids is 3. The van der Waals surface area contributed by atoms with Crippen LogP contribution < -0.4 is 0 Å². The monoisotopic (exact) mass is 779 g/mol. The first-order chi connectivity index (χ1) is 26.9. The van der Waals surface area contributed by atoms with Crippen LogP contribution in [-0.2, 0) is 28.6 Å². The van der Waals surface area contributed by atoms with Crippen molar-refractivity contribution in [3.8, 4) is 0 Å². The van der Waals surface area contributed by atoms with Crippen molar-refractivity contribution in [3.05, 3.63) is 0 Å². The molecule has 0 aromatic heterocycles. The molecule has 0 radical (unpaired) electrons. The Balaban J connectivity index is 4.18. The SMILES string of the molecule is CCCCCCCCCCCCCC(=O)OC[C@@H](COC(=O)CCCCCCCCC)OC(=O)CCCCCCCCCCCCCCCCCCC(C)C. The quantitative estimate of drug-likeness (QED) is 0.0348. The molecule has 0 saturated carbocycles. The van der Waals surface area contributed by atoms with Crippen LogP contribution in [0.4, 0.5) is 0 Å². The fourth-order valence-electron chi connectivity index (χ4n) is 7.33. The lowest BCUT2D eigenvalue weighted by Crippen LogP contribution is -2.30. The third-order valence-electron chi connectivity index (χ3n) is 11.0. The Bertz CT molecular complexity index is 826. The number of hydrogen-bond acceptors (Lipinski definition) is 6. The van der Waals surface area contributed by atoms with Crippen molar-refractivity contribution in [2.24, 2.45) is 5.92 Å². The molecule has 0 spiro atoms. The fraction of sp³-hybridized carbons (Fsp3) is 0.939. The Kier molecular flexibility index (Phi) is 42.3. The van der Waals surface area contributed by atoms with Crippen LogP contribution >= 0.6 is 0 Å². The maximum absolute atomic E-state index is 12.7. The van der Waals surface area contributed by atoms with E-state index in [2.05, 4.69) is 27.7 Å². The van der Waals surface area contributed by atoms with Gasteiger partial charge in [0.15, 0.2) is 6.10 Å². The maximum atomic E-state index is 12.7. The van der Waals surface area contributed by atoms with Gasteiger partial charge in [0.05, 0.1) is 0 Å². The summed E-state index contributed by atoms with van der Waals surface area (Å²) in [4.78, 5) is 37.6. The zero-order valence-electron chi connectivity index (χ0n) is 37.4. The smallest absolute Gasteiger partial charge is 0.306 e. The van der Waals surface area contributed by atoms with Crippen molar-refractivity contribution in [3.63, 3.8) is 0 Å². The highest BCUT2D eigenvalue weighted by atomic mass is 16.6. The second kappa shape index (κ2) is 43.5. The zero-order chi connectivity index (χ0) is 40.3. The summed E-state index contributed by atoms with van der Waals surface area (Å²) in [5.41, 5.74) is 0. The van der Waals surface area contributed by atoms with E-state index in [1.54, 1.807) is 0 Å². The summed E-state index contributed by atoms with van der Waals surface area (Å²) in [5.74, 6) is -0.00429. The molecule has 0 rings (SSSR count). The summed E-state index contributed by atoms with van der Waals surface area (Å²) in [6.45, 7) is 8.98. The molecule has 0 amide bonds. The van der Waals surface area contributed by atoms with E-state index in [1.165, 1.54) is 167 Å². The number of unbranched alkanes of at least 4 members (excludes halogenated alkanes) is 31. The highest BCUT2D eigenvalue weighted by Gasteiger charge is 2.19. The highest BCUT2D eigenvalue weighted by Crippen LogP contribution is 2.17. The van der Waals surface area contributed by atoms with E-state index in [1.807, 2.05) is 0 Å². The van der Waals surface area contributed by atoms with E-state index in [4.69, 9.17) is 14.2 Å². The lowest BCUT2D eigenvalue weighted by atomic mass is 10.0. The molecule has 0 aromatic carbocycles. The third-order valence-corrected chi connectivity index (χ3v) is 11.0. The Morgan fingerprint density at radius 2 is 0.600 bits per heavy atom. The van der Waals surface area contributed by atoms with Crippen LogP contribution in [0.5, 0.6) is 0 Å². The molecule has 0 aliphatic rings. The number of hydrogen-bond donors (Lipinski definition) is 0. The van der Waals surface area contributed by atoms with E-state index < -0.39 is 6.10 Å². The first kappa shape index (κ1) is 53.4. The summed E-state index contributed by atoms with van der Waals surface area (Å²) in [7, 11) is 0. The Morgan fingerprint density at radius 3 is 0.891 bits per heavy atom. The molecule has 326 valence electrons. The Hall–Kier alpha value is -1.59. The third kappa shape index (κ3) is 43.4. The zero-order valence-corrected chi connectivity index (χ0v) is 37.4. The van der Waals surface area contributed by atoms with Crippen molar-refractivity contribution in [1.82, 2.24) is 0 Å². The van der Waals surface area contributed by atoms with Crippen LogP contribution in [0.25, 0.3) is 0 Å². The normalized spacial score (nSPS) is 11.9. The van der Waals surface area contributed by atoms with Gasteiger partial charge in [-0.25, -0.2) is 0 Å². The van der Waals surface area contributed by atoms with Gasteiger partial charge in [-0.05, 0) is 25.2 Å². The second-order valence-electron chi connectivity index (χ2n) is 17.2. The van der Waals surface area contributed by atoms with Crippen molar-refractivity contribution >= 4 is 17.9 Å². The molecule has 0 bridgehead atoms. The maximum Gasteiger partial charge on any atom is 0.306 e. The largest absolute Gasteiger partial charge is 0.462 e. The van der Waals surface area contributed by atoms with Crippen molar-refractivity contribution in [1.29, 1.82) is 0 Å². The van der Waals surface area contributed by atoms with Crippen LogP contribution in [0.15, 0.2) is 0 Å². The van der Waals surface area contributed by atoms with E-state index in [0.717, 1.165) is 63.7 Å². The first-order valence-corrected chi connectivity index (χ1v) is 24.4. The van der Waals surface area contributed by atoms with Crippen molar-refractivity contribution < 1.29 is 28.6 Å². The molecule has 55 heavy (non-hydrogen) atoms. The summed E-state index contributed by atoms with van der Waals surface area (Å²) in [6, 6.07) is 0. The first-order valence-electron chi connectivity index (χ1n) is 24.4. The van der Waals surface area contributed by atoms with Crippen molar-refractivity contribution in [2.75, 3.05) is 13.2 Å². The highest BCUT2D eigenvalue weighted by molar-refractivity contribution is 5.71. The lowest BCUT2D eigenvalue weighted by molar-refractivity contribution is -0.167. The molecule has 0 N–H and O–H groups in total. The van der Waals surface area contributed by atoms with Gasteiger partial charge in [0.2, 0.25) is 0 Å². The molecule has 1 atom stereocenters. The average molecular weight is 779 g/mol. The van der Waals surface area contributed by atoms with E-state index in [9.17, 15) is 14.4 Å². The average Bonchev–Trinajstić information content (AvgIpc) is 3.17. The molecular weight excluding hydrogens is 685 g/mol. The minimum Gasteiger partial charge on any atom is -0.462 e. The molecule has 6 heteroatoms. The number of carbonyl (C=O) groups is 3. The molecule has 0 heterocycles. The van der Waals surface area contributed by atoms with Gasteiger partial charge in [0.1, 0.15) is 13.2 Å². The van der Waals surface area contributed by atoms with Gasteiger partial charge in [0, 0.05) is 19.3 Å². The molecule has 0 aromatic rings. The topological polar surface area (TPSA) is 78.9 Å². The molecule has 0 aliphatic carbocycles. The van der Waals surface area contributed by atoms with Gasteiger partial charge in [-0.15, -0.1) is 0 Å². The van der Waals surface area contributed by atoms with E-state index in [-0.39, 0.29) is 31.1 Å². The Morgan fingerprint density at radius 1 is 0.345 bits per heavy atom. The molecule has 0 aliphatic heterocycles. The lowest BCUT2D eigenvalue weighted by Gasteiger charge is -2.18. The summed E-state index contributed by atoms with van der Waals surface area (Å²) in [5, 5.41) is 0. The van der Waals surface area contributed by atoms with Crippen LogP contribution in [0, 0.1) is 5.92 Å². The standard InChI is InChI=1S/C49H94O6/c1-5-7-9-11-13-14-21-25-29-33-37-41-48(51)54-44-46(43-53-47(50)40-36-32-27-12-10-8-6-2)55-49(52)42-38-34-30-26-23-20-18-16-15-17-19-22-24-28-31-35-39-45(3)4/h45-46H,5-44H2,1-4H3/t46-/m1/s1. The van der Waals surface area contributed by atoms with Gasteiger partial charge in [-0.3, -0.25) is 14.4 Å². The second-order valence-corrected chi connectivity index (χ2v) is 17.2. The molecule has 0 unspecified atom stereocenters.